The Bertz CT molecular complexity index is 1090. The van der Waals surface area contributed by atoms with Crippen LogP contribution in [0.1, 0.15) is 43.5 Å². The zero-order valence-electron chi connectivity index (χ0n) is 18.3. The second kappa shape index (κ2) is 9.46. The quantitative estimate of drug-likeness (QED) is 0.647. The van der Waals surface area contributed by atoms with Crippen LogP contribution in [-0.2, 0) is 26.0 Å². The van der Waals surface area contributed by atoms with E-state index in [1.807, 2.05) is 13.8 Å². The van der Waals surface area contributed by atoms with Crippen molar-refractivity contribution in [3.63, 3.8) is 0 Å². The average Bonchev–Trinajstić information content (AvgIpc) is 3.34. The van der Waals surface area contributed by atoms with Gasteiger partial charge in [-0.25, -0.2) is 13.4 Å². The molecular formula is C21H28N4O4S2. The lowest BCUT2D eigenvalue weighted by Crippen LogP contribution is -2.30. The van der Waals surface area contributed by atoms with Gasteiger partial charge in [0.15, 0.2) is 5.13 Å². The van der Waals surface area contributed by atoms with E-state index in [1.54, 1.807) is 30.2 Å². The SMILES string of the molecule is CCN(CC)S(=O)(=O)c1cc(C)c(C)c(NC(=O)Cc2csc(N3CCCC3=O)n2)c1. The van der Waals surface area contributed by atoms with Crippen LogP contribution in [0.25, 0.3) is 0 Å². The third kappa shape index (κ3) is 4.97. The normalized spacial score (nSPS) is 14.5. The van der Waals surface area contributed by atoms with Crippen molar-refractivity contribution in [2.24, 2.45) is 0 Å². The summed E-state index contributed by atoms with van der Waals surface area (Å²) in [4.78, 5) is 30.8. The summed E-state index contributed by atoms with van der Waals surface area (Å²) in [5, 5.41) is 5.23. The van der Waals surface area contributed by atoms with Crippen molar-refractivity contribution in [3.05, 3.63) is 34.3 Å². The molecule has 1 aliphatic rings. The van der Waals surface area contributed by atoms with E-state index in [-0.39, 0.29) is 23.1 Å². The molecule has 31 heavy (non-hydrogen) atoms. The molecule has 2 amide bonds. The summed E-state index contributed by atoms with van der Waals surface area (Å²) < 4.78 is 27.2. The number of amides is 2. The summed E-state index contributed by atoms with van der Waals surface area (Å²) in [6, 6.07) is 3.15. The van der Waals surface area contributed by atoms with Gasteiger partial charge < -0.3 is 5.32 Å². The fraction of sp³-hybridized carbons (Fsp3) is 0.476. The second-order valence-corrected chi connectivity index (χ2v) is 10.3. The number of rotatable bonds is 8. The van der Waals surface area contributed by atoms with E-state index >= 15 is 0 Å². The van der Waals surface area contributed by atoms with Crippen molar-refractivity contribution in [2.75, 3.05) is 29.9 Å². The van der Waals surface area contributed by atoms with E-state index in [0.717, 1.165) is 17.5 Å². The minimum atomic E-state index is -3.64. The van der Waals surface area contributed by atoms with Gasteiger partial charge in [0, 0.05) is 37.1 Å². The highest BCUT2D eigenvalue weighted by molar-refractivity contribution is 7.89. The highest BCUT2D eigenvalue weighted by Crippen LogP contribution is 2.28. The summed E-state index contributed by atoms with van der Waals surface area (Å²) in [5.74, 6) is -0.229. The van der Waals surface area contributed by atoms with Gasteiger partial charge in [-0.1, -0.05) is 13.8 Å². The summed E-state index contributed by atoms with van der Waals surface area (Å²) in [7, 11) is -3.64. The summed E-state index contributed by atoms with van der Waals surface area (Å²) in [5.41, 5.74) is 2.65. The summed E-state index contributed by atoms with van der Waals surface area (Å²) >= 11 is 1.35. The van der Waals surface area contributed by atoms with Crippen molar-refractivity contribution in [1.82, 2.24) is 9.29 Å². The molecule has 1 fully saturated rings. The lowest BCUT2D eigenvalue weighted by Gasteiger charge is -2.20. The topological polar surface area (TPSA) is 99.7 Å². The predicted octanol–water partition coefficient (Wildman–Crippen LogP) is 3.10. The first kappa shape index (κ1) is 23.4. The highest BCUT2D eigenvalue weighted by atomic mass is 32.2. The molecule has 0 spiro atoms. The lowest BCUT2D eigenvalue weighted by atomic mass is 10.1. The molecule has 2 heterocycles. The number of hydrogen-bond acceptors (Lipinski definition) is 6. The Labute approximate surface area is 187 Å². The zero-order valence-corrected chi connectivity index (χ0v) is 19.9. The van der Waals surface area contributed by atoms with Crippen LogP contribution in [-0.4, -0.2) is 49.2 Å². The highest BCUT2D eigenvalue weighted by Gasteiger charge is 2.25. The first-order valence-corrected chi connectivity index (χ1v) is 12.6. The van der Waals surface area contributed by atoms with Gasteiger partial charge in [-0.3, -0.25) is 14.5 Å². The number of aryl methyl sites for hydroxylation is 1. The molecule has 1 aromatic carbocycles. The molecule has 0 saturated carbocycles. The zero-order chi connectivity index (χ0) is 22.8. The van der Waals surface area contributed by atoms with Crippen LogP contribution in [0.15, 0.2) is 22.4 Å². The molecule has 2 aromatic rings. The lowest BCUT2D eigenvalue weighted by molar-refractivity contribution is -0.117. The molecule has 0 radical (unpaired) electrons. The van der Waals surface area contributed by atoms with Gasteiger partial charge in [0.05, 0.1) is 17.0 Å². The molecular weight excluding hydrogens is 436 g/mol. The Morgan fingerprint density at radius 3 is 2.58 bits per heavy atom. The molecule has 0 aliphatic carbocycles. The Morgan fingerprint density at radius 2 is 1.97 bits per heavy atom. The van der Waals surface area contributed by atoms with E-state index in [1.165, 1.54) is 21.7 Å². The molecule has 168 valence electrons. The van der Waals surface area contributed by atoms with Crippen molar-refractivity contribution in [1.29, 1.82) is 0 Å². The molecule has 1 N–H and O–H groups in total. The van der Waals surface area contributed by atoms with Crippen LogP contribution < -0.4 is 10.2 Å². The number of hydrogen-bond donors (Lipinski definition) is 1. The van der Waals surface area contributed by atoms with Crippen molar-refractivity contribution in [2.45, 2.75) is 51.9 Å². The Kier molecular flexibility index (Phi) is 7.13. The maximum Gasteiger partial charge on any atom is 0.243 e. The van der Waals surface area contributed by atoms with E-state index < -0.39 is 10.0 Å². The first-order chi connectivity index (χ1) is 14.7. The number of aromatic nitrogens is 1. The number of anilines is 2. The third-order valence-electron chi connectivity index (χ3n) is 5.44. The number of nitrogens with one attached hydrogen (secondary N) is 1. The second-order valence-electron chi connectivity index (χ2n) is 7.50. The van der Waals surface area contributed by atoms with E-state index in [0.29, 0.717) is 42.6 Å². The van der Waals surface area contributed by atoms with Crippen molar-refractivity contribution >= 4 is 44.0 Å². The Morgan fingerprint density at radius 1 is 1.26 bits per heavy atom. The molecule has 3 rings (SSSR count). The van der Waals surface area contributed by atoms with Gasteiger partial charge in [0.2, 0.25) is 21.8 Å². The van der Waals surface area contributed by atoms with Crippen LogP contribution in [0.3, 0.4) is 0 Å². The molecule has 8 nitrogen and oxygen atoms in total. The van der Waals surface area contributed by atoms with E-state index in [9.17, 15) is 18.0 Å². The Hall–Kier alpha value is -2.30. The number of benzene rings is 1. The molecule has 1 aliphatic heterocycles. The number of sulfonamides is 1. The maximum absolute atomic E-state index is 12.9. The summed E-state index contributed by atoms with van der Waals surface area (Å²) in [6.07, 6.45) is 1.39. The van der Waals surface area contributed by atoms with Gasteiger partial charge in [0.1, 0.15) is 0 Å². The number of nitrogens with zero attached hydrogens (tertiary/aromatic N) is 3. The fourth-order valence-corrected chi connectivity index (χ4v) is 5.97. The van der Waals surface area contributed by atoms with E-state index in [4.69, 9.17) is 0 Å². The largest absolute Gasteiger partial charge is 0.325 e. The minimum absolute atomic E-state index is 0.0457. The maximum atomic E-state index is 12.9. The van der Waals surface area contributed by atoms with Crippen LogP contribution in [0, 0.1) is 13.8 Å². The molecule has 0 bridgehead atoms. The average molecular weight is 465 g/mol. The van der Waals surface area contributed by atoms with Gasteiger partial charge in [-0.05, 0) is 43.5 Å². The van der Waals surface area contributed by atoms with Crippen LogP contribution in [0.2, 0.25) is 0 Å². The first-order valence-electron chi connectivity index (χ1n) is 10.3. The molecule has 10 heteroatoms. The van der Waals surface area contributed by atoms with Crippen molar-refractivity contribution < 1.29 is 18.0 Å². The third-order valence-corrected chi connectivity index (χ3v) is 8.38. The molecule has 0 atom stereocenters. The van der Waals surface area contributed by atoms with Gasteiger partial charge in [-0.2, -0.15) is 4.31 Å². The van der Waals surface area contributed by atoms with Gasteiger partial charge >= 0.3 is 0 Å². The summed E-state index contributed by atoms with van der Waals surface area (Å²) in [6.45, 7) is 8.67. The smallest absolute Gasteiger partial charge is 0.243 e. The fourth-order valence-electron chi connectivity index (χ4n) is 3.53. The monoisotopic (exact) mass is 464 g/mol. The minimum Gasteiger partial charge on any atom is -0.325 e. The van der Waals surface area contributed by atoms with Crippen LogP contribution in [0.4, 0.5) is 10.8 Å². The number of carbonyl (C=O) groups is 2. The number of carbonyl (C=O) groups excluding carboxylic acids is 2. The predicted molar refractivity (Wildman–Crippen MR) is 122 cm³/mol. The molecule has 0 unspecified atom stereocenters. The van der Waals surface area contributed by atoms with Gasteiger partial charge in [-0.15, -0.1) is 11.3 Å². The Balaban J connectivity index is 1.78. The molecule has 1 aromatic heterocycles. The molecule has 1 saturated heterocycles. The van der Waals surface area contributed by atoms with E-state index in [2.05, 4.69) is 10.3 Å². The van der Waals surface area contributed by atoms with Crippen molar-refractivity contribution in [3.8, 4) is 0 Å². The standard InChI is InChI=1S/C21H28N4O4S2/c1-5-24(6-2)31(28,29)17-10-14(3)15(4)18(12-17)23-19(26)11-16-13-30-21(22-16)25-9-7-8-20(25)27/h10,12-13H,5-9,11H2,1-4H3,(H,23,26). The number of thiazole rings is 1. The van der Waals surface area contributed by atoms with Gasteiger partial charge in [0.25, 0.3) is 0 Å². The van der Waals surface area contributed by atoms with Crippen LogP contribution in [0.5, 0.6) is 0 Å². The van der Waals surface area contributed by atoms with Crippen LogP contribution >= 0.6 is 11.3 Å².